The minimum Gasteiger partial charge on any atom is -0.325 e. The molecule has 0 amide bonds. The molecular weight excluding hydrogens is 268 g/mol. The van der Waals surface area contributed by atoms with E-state index in [4.69, 9.17) is 5.26 Å². The number of nitriles is 1. The molecule has 0 saturated heterocycles. The Bertz CT molecular complexity index is 696. The third-order valence-electron chi connectivity index (χ3n) is 2.92. The Morgan fingerprint density at radius 1 is 1.30 bits per heavy atom. The van der Waals surface area contributed by atoms with Gasteiger partial charge in [-0.05, 0) is 42.9 Å². The van der Waals surface area contributed by atoms with Crippen LogP contribution in [-0.2, 0) is 0 Å². The molecule has 0 aliphatic heterocycles. The molecule has 0 bridgehead atoms. The molecule has 2 aromatic rings. The molecule has 2 rings (SSSR count). The second kappa shape index (κ2) is 6.44. The summed E-state index contributed by atoms with van der Waals surface area (Å²) in [5, 5.41) is 9.15. The molecule has 0 aliphatic carbocycles. The summed E-state index contributed by atoms with van der Waals surface area (Å²) in [6, 6.07) is 11.8. The lowest BCUT2D eigenvalue weighted by Crippen LogP contribution is -2.12. The lowest BCUT2D eigenvalue weighted by molar-refractivity contribution is 1.10. The van der Waals surface area contributed by atoms with Gasteiger partial charge in [0.05, 0.1) is 0 Å². The van der Waals surface area contributed by atoms with Crippen LogP contribution in [0.4, 0.5) is 0 Å². The fourth-order valence-electron chi connectivity index (χ4n) is 1.98. The molecule has 1 aromatic heterocycles. The van der Waals surface area contributed by atoms with Gasteiger partial charge in [-0.2, -0.15) is 5.26 Å². The largest absolute Gasteiger partial charge is 0.325 e. The van der Waals surface area contributed by atoms with Crippen molar-refractivity contribution < 1.29 is 0 Å². The number of hydrogen-bond donors (Lipinski definition) is 1. The molecular formula is C16H16N2OS. The van der Waals surface area contributed by atoms with Crippen molar-refractivity contribution >= 4 is 11.8 Å². The summed E-state index contributed by atoms with van der Waals surface area (Å²) in [7, 11) is 0. The average molecular weight is 284 g/mol. The van der Waals surface area contributed by atoms with E-state index in [2.05, 4.69) is 11.9 Å². The Morgan fingerprint density at radius 3 is 2.60 bits per heavy atom. The predicted molar refractivity (Wildman–Crippen MR) is 83.0 cm³/mol. The molecule has 0 atom stereocenters. The molecule has 0 spiro atoms. The van der Waals surface area contributed by atoms with Gasteiger partial charge in [0, 0.05) is 16.2 Å². The van der Waals surface area contributed by atoms with E-state index in [0.717, 1.165) is 23.4 Å². The first-order valence-electron chi connectivity index (χ1n) is 6.53. The van der Waals surface area contributed by atoms with Crippen molar-refractivity contribution in [1.82, 2.24) is 4.98 Å². The van der Waals surface area contributed by atoms with Crippen LogP contribution in [0.5, 0.6) is 0 Å². The van der Waals surface area contributed by atoms with Gasteiger partial charge in [0.25, 0.3) is 5.56 Å². The van der Waals surface area contributed by atoms with Crippen molar-refractivity contribution in [3.05, 3.63) is 51.9 Å². The summed E-state index contributed by atoms with van der Waals surface area (Å²) in [4.78, 5) is 15.7. The SMILES string of the molecule is CCCSc1ccc(-c2cc(C)[nH]c(=O)c2C#N)cc1. The minimum absolute atomic E-state index is 0.171. The van der Waals surface area contributed by atoms with E-state index < -0.39 is 0 Å². The summed E-state index contributed by atoms with van der Waals surface area (Å²) in [5.74, 6) is 1.09. The predicted octanol–water partition coefficient (Wildman–Crippen LogP) is 3.72. The number of rotatable bonds is 4. The number of aromatic nitrogens is 1. The number of nitrogens with zero attached hydrogens (tertiary/aromatic N) is 1. The maximum Gasteiger partial charge on any atom is 0.266 e. The molecule has 1 heterocycles. The Labute approximate surface area is 122 Å². The first-order chi connectivity index (χ1) is 9.65. The van der Waals surface area contributed by atoms with Crippen LogP contribution in [0.1, 0.15) is 24.6 Å². The molecule has 20 heavy (non-hydrogen) atoms. The van der Waals surface area contributed by atoms with Crippen molar-refractivity contribution in [3.63, 3.8) is 0 Å². The van der Waals surface area contributed by atoms with Crippen LogP contribution in [0.2, 0.25) is 0 Å². The second-order valence-corrected chi connectivity index (χ2v) is 5.72. The number of H-pyrrole nitrogens is 1. The second-order valence-electron chi connectivity index (χ2n) is 4.55. The first kappa shape index (κ1) is 14.4. The Kier molecular flexibility index (Phi) is 4.65. The molecule has 0 unspecified atom stereocenters. The highest BCUT2D eigenvalue weighted by Gasteiger charge is 2.10. The highest BCUT2D eigenvalue weighted by Crippen LogP contribution is 2.26. The van der Waals surface area contributed by atoms with Crippen LogP contribution < -0.4 is 5.56 Å². The van der Waals surface area contributed by atoms with Gasteiger partial charge in [-0.1, -0.05) is 19.1 Å². The normalized spacial score (nSPS) is 10.2. The van der Waals surface area contributed by atoms with Gasteiger partial charge in [0.2, 0.25) is 0 Å². The fraction of sp³-hybridized carbons (Fsp3) is 0.250. The zero-order valence-corrected chi connectivity index (χ0v) is 12.4. The van der Waals surface area contributed by atoms with Gasteiger partial charge >= 0.3 is 0 Å². The summed E-state index contributed by atoms with van der Waals surface area (Å²) in [6.07, 6.45) is 1.14. The van der Waals surface area contributed by atoms with Gasteiger partial charge in [-0.3, -0.25) is 4.79 Å². The zero-order chi connectivity index (χ0) is 14.5. The van der Waals surface area contributed by atoms with Gasteiger partial charge < -0.3 is 4.98 Å². The van der Waals surface area contributed by atoms with Gasteiger partial charge in [-0.15, -0.1) is 11.8 Å². The van der Waals surface area contributed by atoms with Gasteiger partial charge in [0.15, 0.2) is 0 Å². The smallest absolute Gasteiger partial charge is 0.266 e. The molecule has 1 aromatic carbocycles. The monoisotopic (exact) mass is 284 g/mol. The molecule has 0 radical (unpaired) electrons. The topological polar surface area (TPSA) is 56.6 Å². The van der Waals surface area contributed by atoms with Crippen LogP contribution >= 0.6 is 11.8 Å². The molecule has 3 nitrogen and oxygen atoms in total. The molecule has 1 N–H and O–H groups in total. The Morgan fingerprint density at radius 2 is 2.00 bits per heavy atom. The minimum atomic E-state index is -0.327. The van der Waals surface area contributed by atoms with Crippen LogP contribution in [0.25, 0.3) is 11.1 Å². The van der Waals surface area contributed by atoms with Gasteiger partial charge in [-0.25, -0.2) is 0 Å². The number of aryl methyl sites for hydroxylation is 1. The molecule has 4 heteroatoms. The number of thioether (sulfide) groups is 1. The van der Waals surface area contributed by atoms with Crippen molar-refractivity contribution in [2.45, 2.75) is 25.2 Å². The molecule has 102 valence electrons. The van der Waals surface area contributed by atoms with E-state index in [-0.39, 0.29) is 11.1 Å². The van der Waals surface area contributed by atoms with Crippen molar-refractivity contribution in [2.75, 3.05) is 5.75 Å². The average Bonchev–Trinajstić information content (AvgIpc) is 2.45. The van der Waals surface area contributed by atoms with E-state index >= 15 is 0 Å². The summed E-state index contributed by atoms with van der Waals surface area (Å²) >= 11 is 1.81. The fourth-order valence-corrected chi connectivity index (χ4v) is 2.75. The van der Waals surface area contributed by atoms with E-state index in [1.807, 2.05) is 55.1 Å². The molecule has 0 fully saturated rings. The highest BCUT2D eigenvalue weighted by molar-refractivity contribution is 7.99. The standard InChI is InChI=1S/C16H16N2OS/c1-3-8-20-13-6-4-12(5-7-13)14-9-11(2)18-16(19)15(14)10-17/h4-7,9H,3,8H2,1-2H3,(H,18,19). The number of nitrogens with one attached hydrogen (secondary N) is 1. The molecule has 0 saturated carbocycles. The molecule has 0 aliphatic rings. The first-order valence-corrected chi connectivity index (χ1v) is 7.51. The maximum atomic E-state index is 11.8. The van der Waals surface area contributed by atoms with Crippen molar-refractivity contribution in [2.24, 2.45) is 0 Å². The van der Waals surface area contributed by atoms with Crippen LogP contribution in [-0.4, -0.2) is 10.7 Å². The van der Waals surface area contributed by atoms with E-state index in [9.17, 15) is 4.79 Å². The number of pyridine rings is 1. The quantitative estimate of drug-likeness (QED) is 0.870. The van der Waals surface area contributed by atoms with Crippen molar-refractivity contribution in [3.8, 4) is 17.2 Å². The third kappa shape index (κ3) is 3.12. The zero-order valence-electron chi connectivity index (χ0n) is 11.6. The summed E-state index contributed by atoms with van der Waals surface area (Å²) in [5.41, 5.74) is 2.20. The van der Waals surface area contributed by atoms with E-state index in [1.165, 1.54) is 4.90 Å². The number of benzene rings is 1. The van der Waals surface area contributed by atoms with Crippen LogP contribution in [0.3, 0.4) is 0 Å². The number of aromatic amines is 1. The lowest BCUT2D eigenvalue weighted by Gasteiger charge is -2.06. The van der Waals surface area contributed by atoms with Crippen molar-refractivity contribution in [1.29, 1.82) is 5.26 Å². The van der Waals surface area contributed by atoms with Crippen LogP contribution in [0, 0.1) is 18.3 Å². The van der Waals surface area contributed by atoms with E-state index in [1.54, 1.807) is 0 Å². The highest BCUT2D eigenvalue weighted by atomic mass is 32.2. The maximum absolute atomic E-state index is 11.8. The Balaban J connectivity index is 2.42. The summed E-state index contributed by atoms with van der Waals surface area (Å²) < 4.78 is 0. The summed E-state index contributed by atoms with van der Waals surface area (Å²) in [6.45, 7) is 3.97. The lowest BCUT2D eigenvalue weighted by atomic mass is 10.0. The Hall–Kier alpha value is -1.99. The third-order valence-corrected chi connectivity index (χ3v) is 4.14. The van der Waals surface area contributed by atoms with Crippen LogP contribution in [0.15, 0.2) is 40.0 Å². The van der Waals surface area contributed by atoms with E-state index in [0.29, 0.717) is 5.56 Å². The van der Waals surface area contributed by atoms with Gasteiger partial charge in [0.1, 0.15) is 11.6 Å². The number of hydrogen-bond acceptors (Lipinski definition) is 3.